The summed E-state index contributed by atoms with van der Waals surface area (Å²) in [4.78, 5) is 24.4. The van der Waals surface area contributed by atoms with Gasteiger partial charge in [0.25, 0.3) is 0 Å². The molecule has 0 fully saturated rings. The lowest BCUT2D eigenvalue weighted by Crippen LogP contribution is -2.26. The molecule has 0 atom stereocenters. The fraction of sp³-hybridized carbons (Fsp3) is 0.167. The summed E-state index contributed by atoms with van der Waals surface area (Å²) >= 11 is 2.67. The minimum atomic E-state index is -0.258. The number of nitrogens with one attached hydrogen (secondary N) is 1. The Labute approximate surface area is 151 Å². The number of aromatic amines is 1. The van der Waals surface area contributed by atoms with Gasteiger partial charge in [-0.05, 0) is 42.7 Å². The second-order valence-corrected chi connectivity index (χ2v) is 7.64. The van der Waals surface area contributed by atoms with E-state index in [1.54, 1.807) is 17.6 Å². The average molecular weight is 369 g/mol. The third kappa shape index (κ3) is 2.96. The Morgan fingerprint density at radius 2 is 2.24 bits per heavy atom. The number of hydrogen-bond donors (Lipinski definition) is 2. The number of aromatic hydroxyl groups is 1. The van der Waals surface area contributed by atoms with Crippen LogP contribution in [0.3, 0.4) is 0 Å². The number of aliphatic imine (C=N–C) groups is 1. The van der Waals surface area contributed by atoms with Crippen LogP contribution >= 0.6 is 22.7 Å². The van der Waals surface area contributed by atoms with Crippen molar-refractivity contribution < 1.29 is 5.11 Å². The van der Waals surface area contributed by atoms with E-state index in [0.29, 0.717) is 11.3 Å². The average Bonchev–Trinajstić information content (AvgIpc) is 3.29. The van der Waals surface area contributed by atoms with Gasteiger partial charge < -0.3 is 5.11 Å². The van der Waals surface area contributed by atoms with Crippen LogP contribution in [0.4, 0.5) is 5.69 Å². The summed E-state index contributed by atoms with van der Waals surface area (Å²) in [6.45, 7) is 2.00. The van der Waals surface area contributed by atoms with Crippen molar-refractivity contribution >= 4 is 46.2 Å². The summed E-state index contributed by atoms with van der Waals surface area (Å²) in [6.07, 6.45) is 5.25. The molecule has 0 amide bonds. The second kappa shape index (κ2) is 6.42. The number of benzene rings is 1. The predicted octanol–water partition coefficient (Wildman–Crippen LogP) is 2.24. The summed E-state index contributed by atoms with van der Waals surface area (Å²) in [7, 11) is 0. The molecule has 0 bridgehead atoms. The first-order valence-electron chi connectivity index (χ1n) is 7.81. The molecule has 2 aromatic heterocycles. The van der Waals surface area contributed by atoms with E-state index >= 15 is 0 Å². The number of thiazole rings is 2. The molecule has 2 N–H and O–H groups in total. The molecular formula is C18H15N3O2S2. The van der Waals surface area contributed by atoms with Crippen LogP contribution in [0.25, 0.3) is 11.6 Å². The van der Waals surface area contributed by atoms with Crippen LogP contribution < -0.4 is 15.3 Å². The maximum Gasteiger partial charge on any atom is 0.307 e. The minimum absolute atomic E-state index is 0.0671. The Kier molecular flexibility index (Phi) is 4.10. The van der Waals surface area contributed by atoms with Crippen molar-refractivity contribution in [3.63, 3.8) is 0 Å². The molecule has 0 saturated carbocycles. The van der Waals surface area contributed by atoms with Crippen LogP contribution in [0.2, 0.25) is 0 Å². The third-order valence-corrected chi connectivity index (χ3v) is 6.14. The zero-order chi connectivity index (χ0) is 17.4. The van der Waals surface area contributed by atoms with Gasteiger partial charge in [0.05, 0.1) is 21.8 Å². The van der Waals surface area contributed by atoms with Crippen LogP contribution in [0, 0.1) is 6.92 Å². The Morgan fingerprint density at radius 3 is 2.96 bits per heavy atom. The van der Waals surface area contributed by atoms with E-state index in [2.05, 4.69) is 15.0 Å². The van der Waals surface area contributed by atoms with Gasteiger partial charge in [0.15, 0.2) is 0 Å². The van der Waals surface area contributed by atoms with Crippen molar-refractivity contribution in [1.29, 1.82) is 0 Å². The van der Waals surface area contributed by atoms with Crippen molar-refractivity contribution in [2.24, 2.45) is 4.99 Å². The maximum absolute atomic E-state index is 11.7. The van der Waals surface area contributed by atoms with Crippen LogP contribution in [-0.4, -0.2) is 21.3 Å². The molecule has 3 aromatic rings. The predicted molar refractivity (Wildman–Crippen MR) is 103 cm³/mol. The summed E-state index contributed by atoms with van der Waals surface area (Å²) in [5, 5.41) is 12.2. The first-order valence-corrected chi connectivity index (χ1v) is 9.51. The molecule has 0 aliphatic carbocycles. The van der Waals surface area contributed by atoms with E-state index < -0.39 is 0 Å². The van der Waals surface area contributed by atoms with E-state index in [1.165, 1.54) is 4.88 Å². The van der Waals surface area contributed by atoms with Crippen molar-refractivity contribution in [1.82, 2.24) is 9.97 Å². The van der Waals surface area contributed by atoms with Crippen LogP contribution in [-0.2, 0) is 6.42 Å². The third-order valence-electron chi connectivity index (χ3n) is 4.21. The topological polar surface area (TPSA) is 78.3 Å². The SMILES string of the molecule is Cc1ncsc1CCC(c1sc(=O)[nH]c1O)=c1cccc2c1=CC=N2. The van der Waals surface area contributed by atoms with E-state index in [0.717, 1.165) is 45.1 Å². The van der Waals surface area contributed by atoms with Crippen molar-refractivity contribution in [2.75, 3.05) is 0 Å². The van der Waals surface area contributed by atoms with Crippen molar-refractivity contribution in [3.8, 4) is 5.88 Å². The van der Waals surface area contributed by atoms with Gasteiger partial charge in [0.2, 0.25) is 5.88 Å². The summed E-state index contributed by atoms with van der Waals surface area (Å²) < 4.78 is 0. The van der Waals surface area contributed by atoms with Gasteiger partial charge in [-0.25, -0.2) is 4.98 Å². The molecule has 0 saturated heterocycles. The quantitative estimate of drug-likeness (QED) is 0.740. The molecule has 126 valence electrons. The lowest BCUT2D eigenvalue weighted by molar-refractivity contribution is 0.454. The Bertz CT molecular complexity index is 1150. The monoisotopic (exact) mass is 369 g/mol. The van der Waals surface area contributed by atoms with Gasteiger partial charge in [-0.3, -0.25) is 14.8 Å². The highest BCUT2D eigenvalue weighted by Gasteiger charge is 2.16. The van der Waals surface area contributed by atoms with Crippen LogP contribution in [0.5, 0.6) is 5.88 Å². The van der Waals surface area contributed by atoms with Gasteiger partial charge >= 0.3 is 4.87 Å². The Hall–Kier alpha value is -2.51. The number of aryl methyl sites for hydroxylation is 2. The lowest BCUT2D eigenvalue weighted by Gasteiger charge is -2.07. The van der Waals surface area contributed by atoms with Gasteiger partial charge in [-0.15, -0.1) is 11.3 Å². The van der Waals surface area contributed by atoms with Gasteiger partial charge in [-0.1, -0.05) is 23.5 Å². The number of nitrogens with zero attached hydrogens (tertiary/aromatic N) is 2. The number of fused-ring (bicyclic) bond motifs is 1. The highest BCUT2D eigenvalue weighted by molar-refractivity contribution is 7.10. The highest BCUT2D eigenvalue weighted by atomic mass is 32.1. The van der Waals surface area contributed by atoms with Gasteiger partial charge in [0.1, 0.15) is 0 Å². The molecule has 3 heterocycles. The number of hydrogen-bond acceptors (Lipinski definition) is 6. The zero-order valence-corrected chi connectivity index (χ0v) is 15.1. The Morgan fingerprint density at radius 1 is 1.36 bits per heavy atom. The van der Waals surface area contributed by atoms with E-state index in [9.17, 15) is 9.90 Å². The lowest BCUT2D eigenvalue weighted by atomic mass is 10.0. The first-order chi connectivity index (χ1) is 12.1. The molecule has 0 radical (unpaired) electrons. The maximum atomic E-state index is 11.7. The normalized spacial score (nSPS) is 13.6. The van der Waals surface area contributed by atoms with Crippen molar-refractivity contribution in [2.45, 2.75) is 19.8 Å². The van der Waals surface area contributed by atoms with Gasteiger partial charge in [-0.2, -0.15) is 0 Å². The minimum Gasteiger partial charge on any atom is -0.493 e. The van der Waals surface area contributed by atoms with E-state index in [4.69, 9.17) is 0 Å². The first kappa shape index (κ1) is 16.0. The Balaban J connectivity index is 1.90. The molecular weight excluding hydrogens is 354 g/mol. The molecule has 1 aromatic carbocycles. The highest BCUT2D eigenvalue weighted by Crippen LogP contribution is 2.28. The standard InChI is InChI=1S/C18H15N3O2S2/c1-10-15(24-9-20-10)6-5-13(16-17(22)21-18(23)25-16)11-3-2-4-14-12(11)7-8-19-14/h2-4,7-9,22H,5-6H2,1H3,(H,21,23). The summed E-state index contributed by atoms with van der Waals surface area (Å²) in [6, 6.07) is 5.93. The molecule has 0 unspecified atom stereocenters. The fourth-order valence-electron chi connectivity index (χ4n) is 3.00. The largest absolute Gasteiger partial charge is 0.493 e. The molecule has 1 aliphatic heterocycles. The molecule has 4 rings (SSSR count). The van der Waals surface area contributed by atoms with E-state index in [1.807, 2.05) is 36.7 Å². The molecule has 0 spiro atoms. The van der Waals surface area contributed by atoms with Crippen LogP contribution in [0.15, 0.2) is 33.5 Å². The summed E-state index contributed by atoms with van der Waals surface area (Å²) in [5.41, 5.74) is 4.74. The van der Waals surface area contributed by atoms with Crippen LogP contribution in [0.1, 0.15) is 21.9 Å². The molecule has 7 heteroatoms. The number of aromatic nitrogens is 2. The second-order valence-electron chi connectivity index (χ2n) is 5.71. The molecule has 5 nitrogen and oxygen atoms in total. The zero-order valence-electron chi connectivity index (χ0n) is 13.4. The van der Waals surface area contributed by atoms with Crippen molar-refractivity contribution in [3.05, 3.63) is 59.3 Å². The molecule has 1 aliphatic rings. The molecule has 25 heavy (non-hydrogen) atoms. The van der Waals surface area contributed by atoms with E-state index in [-0.39, 0.29) is 10.8 Å². The smallest absolute Gasteiger partial charge is 0.307 e. The van der Waals surface area contributed by atoms with Gasteiger partial charge in [0, 0.05) is 16.3 Å². The number of H-pyrrole nitrogens is 1. The fourth-order valence-corrected chi connectivity index (χ4v) is 4.59. The number of rotatable bonds is 4. The summed E-state index contributed by atoms with van der Waals surface area (Å²) in [5.74, 6) is -0.0671.